The van der Waals surface area contributed by atoms with E-state index in [1.54, 1.807) is 6.07 Å². The minimum Gasteiger partial charge on any atom is -0.329 e. The van der Waals surface area contributed by atoms with Crippen LogP contribution in [0.15, 0.2) is 53.4 Å². The number of rotatable bonds is 7. The summed E-state index contributed by atoms with van der Waals surface area (Å²) in [4.78, 5) is 11.7. The van der Waals surface area contributed by atoms with Crippen LogP contribution in [0, 0.1) is 11.6 Å². The predicted octanol–water partition coefficient (Wildman–Crippen LogP) is 2.04. The number of anilines is 1. The van der Waals surface area contributed by atoms with Crippen molar-refractivity contribution in [2.75, 3.05) is 11.9 Å². The van der Waals surface area contributed by atoms with Crippen molar-refractivity contribution in [1.29, 1.82) is 0 Å². The molecule has 0 aliphatic heterocycles. The molecule has 11 heteroatoms. The van der Waals surface area contributed by atoms with Gasteiger partial charge in [0.2, 0.25) is 15.9 Å². The zero-order valence-corrected chi connectivity index (χ0v) is 16.2. The topological polar surface area (TPSA) is 99.3 Å². The van der Waals surface area contributed by atoms with Gasteiger partial charge in [-0.2, -0.15) is 0 Å². The molecule has 0 radical (unpaired) electrons. The van der Waals surface area contributed by atoms with Crippen LogP contribution in [0.5, 0.6) is 0 Å². The third-order valence-electron chi connectivity index (χ3n) is 3.43. The van der Waals surface area contributed by atoms with Gasteiger partial charge in [-0.15, -0.1) is 0 Å². The van der Waals surface area contributed by atoms with Crippen LogP contribution in [0.3, 0.4) is 0 Å². The van der Waals surface area contributed by atoms with Crippen molar-refractivity contribution >= 4 is 38.9 Å². The number of para-hydroxylation sites is 1. The van der Waals surface area contributed by atoms with Crippen LogP contribution < -0.4 is 20.9 Å². The highest BCUT2D eigenvalue weighted by atomic mass is 32.2. The standard InChI is InChI=1S/C17H18F2N4O3S2/c18-12-7-9-13(10-8-12)28(25,26)20-11-3-6-16(24)22-23-17(27)21-15-5-2-1-4-14(15)19/h1-2,4-5,7-10,20H,3,6,11H2,(H,22,24)(H2,21,23,27). The molecule has 4 N–H and O–H groups in total. The number of nitrogens with one attached hydrogen (secondary N) is 4. The Bertz CT molecular complexity index is 938. The summed E-state index contributed by atoms with van der Waals surface area (Å²) in [6.07, 6.45) is 0.239. The number of thiocarbonyl (C=S) groups is 1. The molecule has 2 rings (SSSR count). The average Bonchev–Trinajstić information content (AvgIpc) is 2.66. The maximum Gasteiger partial charge on any atom is 0.240 e. The van der Waals surface area contributed by atoms with Gasteiger partial charge in [0.25, 0.3) is 0 Å². The van der Waals surface area contributed by atoms with Crippen LogP contribution in [0.4, 0.5) is 14.5 Å². The van der Waals surface area contributed by atoms with Gasteiger partial charge in [0.15, 0.2) is 5.11 Å². The van der Waals surface area contributed by atoms with E-state index in [4.69, 9.17) is 12.2 Å². The summed E-state index contributed by atoms with van der Waals surface area (Å²) in [5.74, 6) is -1.46. The van der Waals surface area contributed by atoms with Crippen LogP contribution in [-0.4, -0.2) is 26.0 Å². The first kappa shape index (κ1) is 21.7. The first-order valence-corrected chi connectivity index (χ1v) is 10.0. The Morgan fingerprint density at radius 3 is 2.36 bits per heavy atom. The van der Waals surface area contributed by atoms with Crippen molar-refractivity contribution in [1.82, 2.24) is 15.6 Å². The number of amides is 1. The zero-order valence-electron chi connectivity index (χ0n) is 14.5. The number of hydrogen-bond acceptors (Lipinski definition) is 4. The van der Waals surface area contributed by atoms with Crippen molar-refractivity contribution in [3.8, 4) is 0 Å². The fraction of sp³-hybridized carbons (Fsp3) is 0.176. The zero-order chi connectivity index (χ0) is 20.6. The Morgan fingerprint density at radius 1 is 1.00 bits per heavy atom. The van der Waals surface area contributed by atoms with Crippen LogP contribution in [0.2, 0.25) is 0 Å². The van der Waals surface area contributed by atoms with E-state index in [-0.39, 0.29) is 35.1 Å². The molecule has 0 unspecified atom stereocenters. The van der Waals surface area contributed by atoms with Gasteiger partial charge in [-0.1, -0.05) is 12.1 Å². The first-order valence-electron chi connectivity index (χ1n) is 8.13. The molecule has 7 nitrogen and oxygen atoms in total. The largest absolute Gasteiger partial charge is 0.329 e. The summed E-state index contributed by atoms with van der Waals surface area (Å²) in [7, 11) is -3.77. The van der Waals surface area contributed by atoms with Gasteiger partial charge in [-0.3, -0.25) is 15.6 Å². The molecule has 0 aromatic heterocycles. The number of carbonyl (C=O) groups excluding carboxylic acids is 1. The number of hydrazine groups is 1. The minimum atomic E-state index is -3.77. The lowest BCUT2D eigenvalue weighted by Gasteiger charge is -2.12. The SMILES string of the molecule is O=C(CCCNS(=O)(=O)c1ccc(F)cc1)NNC(=S)Nc1ccccc1F. The van der Waals surface area contributed by atoms with Gasteiger partial charge in [-0.05, 0) is 55.0 Å². The van der Waals surface area contributed by atoms with Crippen LogP contribution in [-0.2, 0) is 14.8 Å². The fourth-order valence-corrected chi connectivity index (χ4v) is 3.29. The molecule has 28 heavy (non-hydrogen) atoms. The lowest BCUT2D eigenvalue weighted by atomic mass is 10.3. The highest BCUT2D eigenvalue weighted by molar-refractivity contribution is 7.89. The average molecular weight is 428 g/mol. The van der Waals surface area contributed by atoms with E-state index in [0.29, 0.717) is 0 Å². The Morgan fingerprint density at radius 2 is 1.68 bits per heavy atom. The molecule has 2 aromatic rings. The van der Waals surface area contributed by atoms with Gasteiger partial charge in [0, 0.05) is 13.0 Å². The number of sulfonamides is 1. The predicted molar refractivity (Wildman–Crippen MR) is 105 cm³/mol. The molecule has 0 atom stereocenters. The lowest BCUT2D eigenvalue weighted by Crippen LogP contribution is -2.44. The number of halogens is 2. The molecule has 0 heterocycles. The van der Waals surface area contributed by atoms with Crippen LogP contribution in [0.1, 0.15) is 12.8 Å². The van der Waals surface area contributed by atoms with Gasteiger partial charge in [0.05, 0.1) is 10.6 Å². The highest BCUT2D eigenvalue weighted by Gasteiger charge is 2.13. The second-order valence-electron chi connectivity index (χ2n) is 5.56. The second kappa shape index (κ2) is 10.1. The molecule has 0 spiro atoms. The summed E-state index contributed by atoms with van der Waals surface area (Å²) in [5.41, 5.74) is 4.91. The molecule has 0 saturated heterocycles. The van der Waals surface area contributed by atoms with E-state index in [0.717, 1.165) is 24.3 Å². The molecule has 2 aromatic carbocycles. The number of benzene rings is 2. The van der Waals surface area contributed by atoms with Gasteiger partial charge >= 0.3 is 0 Å². The van der Waals surface area contributed by atoms with E-state index < -0.39 is 27.6 Å². The van der Waals surface area contributed by atoms with Crippen molar-refractivity contribution in [2.45, 2.75) is 17.7 Å². The molecule has 0 aliphatic carbocycles. The first-order chi connectivity index (χ1) is 13.3. The number of hydrogen-bond donors (Lipinski definition) is 4. The van der Waals surface area contributed by atoms with Gasteiger partial charge < -0.3 is 5.32 Å². The monoisotopic (exact) mass is 428 g/mol. The van der Waals surface area contributed by atoms with E-state index >= 15 is 0 Å². The molecule has 0 fully saturated rings. The molecule has 1 amide bonds. The summed E-state index contributed by atoms with van der Waals surface area (Å²) >= 11 is 4.94. The number of carbonyl (C=O) groups is 1. The third-order valence-corrected chi connectivity index (χ3v) is 5.12. The third kappa shape index (κ3) is 6.83. The quantitative estimate of drug-likeness (QED) is 0.306. The molecule has 0 saturated carbocycles. The molecule has 0 bridgehead atoms. The molecule has 150 valence electrons. The second-order valence-corrected chi connectivity index (χ2v) is 7.74. The summed E-state index contributed by atoms with van der Waals surface area (Å²) in [6.45, 7) is 0.0189. The maximum atomic E-state index is 13.5. The normalized spacial score (nSPS) is 10.9. The Kier molecular flexibility index (Phi) is 7.79. The summed E-state index contributed by atoms with van der Waals surface area (Å²) in [5, 5.41) is 2.58. The summed E-state index contributed by atoms with van der Waals surface area (Å²) in [6, 6.07) is 10.3. The van der Waals surface area contributed by atoms with E-state index in [1.807, 2.05) is 0 Å². The summed E-state index contributed by atoms with van der Waals surface area (Å²) < 4.78 is 52.7. The van der Waals surface area contributed by atoms with E-state index in [2.05, 4.69) is 20.9 Å². The molecule has 0 aliphatic rings. The Hall–Kier alpha value is -2.63. The van der Waals surface area contributed by atoms with Gasteiger partial charge in [-0.25, -0.2) is 21.9 Å². The van der Waals surface area contributed by atoms with Crippen molar-refractivity contribution < 1.29 is 22.0 Å². The van der Waals surface area contributed by atoms with E-state index in [9.17, 15) is 22.0 Å². The highest BCUT2D eigenvalue weighted by Crippen LogP contribution is 2.12. The van der Waals surface area contributed by atoms with E-state index in [1.165, 1.54) is 18.2 Å². The Balaban J connectivity index is 1.68. The molecular formula is C17H18F2N4O3S2. The fourth-order valence-electron chi connectivity index (χ4n) is 2.06. The minimum absolute atomic E-state index is 0.00420. The smallest absolute Gasteiger partial charge is 0.240 e. The Labute approximate surface area is 166 Å². The van der Waals surface area contributed by atoms with Gasteiger partial charge in [0.1, 0.15) is 11.6 Å². The molecular weight excluding hydrogens is 410 g/mol. The van der Waals surface area contributed by atoms with Crippen LogP contribution in [0.25, 0.3) is 0 Å². The van der Waals surface area contributed by atoms with Crippen molar-refractivity contribution in [3.05, 3.63) is 60.2 Å². The maximum absolute atomic E-state index is 13.5. The van der Waals surface area contributed by atoms with Crippen LogP contribution >= 0.6 is 12.2 Å². The van der Waals surface area contributed by atoms with Crippen molar-refractivity contribution in [3.63, 3.8) is 0 Å². The van der Waals surface area contributed by atoms with Crippen molar-refractivity contribution in [2.24, 2.45) is 0 Å². The lowest BCUT2D eigenvalue weighted by molar-refractivity contribution is -0.121.